The van der Waals surface area contributed by atoms with Crippen molar-refractivity contribution in [1.29, 1.82) is 0 Å². The summed E-state index contributed by atoms with van der Waals surface area (Å²) in [7, 11) is 5.33. The lowest BCUT2D eigenvalue weighted by molar-refractivity contribution is -0.317. The van der Waals surface area contributed by atoms with Crippen molar-refractivity contribution >= 4 is 5.97 Å². The number of esters is 1. The van der Waals surface area contributed by atoms with E-state index < -0.39 is 84.3 Å². The van der Waals surface area contributed by atoms with Gasteiger partial charge in [-0.1, -0.05) is 34.6 Å². The fraction of sp³-hybridized carbons (Fsp3) is 0.974. The molecule has 0 unspecified atom stereocenters. The molecule has 3 saturated heterocycles. The van der Waals surface area contributed by atoms with E-state index in [1.54, 1.807) is 27.7 Å². The molecule has 0 bridgehead atoms. The van der Waals surface area contributed by atoms with Crippen molar-refractivity contribution in [1.82, 2.24) is 10.2 Å². The lowest BCUT2D eigenvalue weighted by atomic mass is 9.77. The van der Waals surface area contributed by atoms with Gasteiger partial charge in [0.15, 0.2) is 12.6 Å². The van der Waals surface area contributed by atoms with Crippen LogP contribution in [0.2, 0.25) is 0 Å². The van der Waals surface area contributed by atoms with E-state index >= 15 is 0 Å². The molecule has 3 rings (SSSR count). The van der Waals surface area contributed by atoms with Crippen LogP contribution in [0.4, 0.5) is 0 Å². The number of hydrogen-bond acceptors (Lipinski definition) is 13. The Kier molecular flexibility index (Phi) is 15.8. The standard InChI is InChI=1S/C38H72N2O11/c1-19(2)31-22(5)29(41)25(8)39-18-20(3)16-37(10,45)34(51-36-30(42)27(40(12)13)15-21(4)47-36)23(6)32(24(7)35(44)50-31)49-28-17-38(11,46-14)33(43)26(9)48-28/h19-34,36,39,41-43,45H,15-18H2,1-14H3/t20-,21-,22-,23+,24-,25+,26+,27+,28+,29+,30-,31+,32+,33+,34-,36+,37+,38-/m1/s1. The first-order chi connectivity index (χ1) is 23.5. The Balaban J connectivity index is 2.14. The van der Waals surface area contributed by atoms with Crippen LogP contribution in [0, 0.1) is 29.6 Å². The van der Waals surface area contributed by atoms with Gasteiger partial charge in [0.05, 0.1) is 47.6 Å². The lowest BCUT2D eigenvalue weighted by Gasteiger charge is -2.48. The second-order valence-electron chi connectivity index (χ2n) is 17.2. The summed E-state index contributed by atoms with van der Waals surface area (Å²) in [6, 6.07) is -0.563. The highest BCUT2D eigenvalue weighted by Crippen LogP contribution is 2.39. The van der Waals surface area contributed by atoms with E-state index in [-0.39, 0.29) is 48.8 Å². The first kappa shape index (κ1) is 44.4. The smallest absolute Gasteiger partial charge is 0.311 e. The molecule has 0 saturated carbocycles. The monoisotopic (exact) mass is 733 g/mol. The van der Waals surface area contributed by atoms with Crippen LogP contribution in [0.1, 0.15) is 95.4 Å². The van der Waals surface area contributed by atoms with Gasteiger partial charge in [-0.3, -0.25) is 4.79 Å². The van der Waals surface area contributed by atoms with Crippen LogP contribution in [0.25, 0.3) is 0 Å². The normalized spacial score (nSPS) is 48.6. The number of aliphatic hydroxyl groups is 4. The third-order valence-electron chi connectivity index (χ3n) is 11.8. The number of nitrogens with zero attached hydrogens (tertiary/aromatic N) is 1. The Morgan fingerprint density at radius 2 is 1.55 bits per heavy atom. The minimum absolute atomic E-state index is 0.0685. The maximum absolute atomic E-state index is 14.2. The van der Waals surface area contributed by atoms with Crippen LogP contribution in [-0.4, -0.2) is 144 Å². The molecule has 0 spiro atoms. The molecule has 300 valence electrons. The van der Waals surface area contributed by atoms with E-state index in [1.807, 2.05) is 67.5 Å². The number of carbonyl (C=O) groups is 1. The Labute approximate surface area is 307 Å². The molecule has 3 heterocycles. The van der Waals surface area contributed by atoms with Gasteiger partial charge < -0.3 is 59.1 Å². The van der Waals surface area contributed by atoms with Gasteiger partial charge in [-0.2, -0.15) is 0 Å². The average molecular weight is 733 g/mol. The number of cyclic esters (lactones) is 1. The highest BCUT2D eigenvalue weighted by atomic mass is 16.7. The SMILES string of the molecule is CO[C@]1(C)C[C@H](O[C@H]2[C@H](C)[C@@H](O[C@@H]3O[C@H](C)C[C@H](N(C)C)[C@H]3O)[C@@](C)(O)C[C@@H](C)CN[C@@H](C)[C@@H](O)[C@@H](C)[C@H](C(C)C)OC(=O)[C@@H]2C)O[C@@H](C)[C@@H]1O. The number of likely N-dealkylation sites (N-methyl/N-ethyl adjacent to an activating group) is 1. The molecular weight excluding hydrogens is 660 g/mol. The number of hydrogen-bond donors (Lipinski definition) is 5. The van der Waals surface area contributed by atoms with E-state index in [9.17, 15) is 25.2 Å². The van der Waals surface area contributed by atoms with E-state index in [4.69, 9.17) is 28.4 Å². The van der Waals surface area contributed by atoms with Crippen LogP contribution in [0.5, 0.6) is 0 Å². The molecule has 18 atom stereocenters. The summed E-state index contributed by atoms with van der Waals surface area (Å²) in [5.41, 5.74) is -2.49. The van der Waals surface area contributed by atoms with Crippen molar-refractivity contribution < 1.29 is 53.6 Å². The van der Waals surface area contributed by atoms with Crippen molar-refractivity contribution in [3.05, 3.63) is 0 Å². The highest BCUT2D eigenvalue weighted by Gasteiger charge is 2.51. The molecule has 5 N–H and O–H groups in total. The van der Waals surface area contributed by atoms with E-state index in [1.165, 1.54) is 7.11 Å². The third kappa shape index (κ3) is 10.6. The number of nitrogens with one attached hydrogen (secondary N) is 1. The quantitative estimate of drug-likeness (QED) is 0.243. The van der Waals surface area contributed by atoms with Gasteiger partial charge in [-0.25, -0.2) is 0 Å². The number of methoxy groups -OCH3 is 1. The van der Waals surface area contributed by atoms with Crippen LogP contribution < -0.4 is 5.32 Å². The van der Waals surface area contributed by atoms with Gasteiger partial charge in [0.25, 0.3) is 0 Å². The highest BCUT2D eigenvalue weighted by molar-refractivity contribution is 5.73. The van der Waals surface area contributed by atoms with Crippen molar-refractivity contribution in [3.8, 4) is 0 Å². The number of aliphatic hydroxyl groups excluding tert-OH is 3. The number of ether oxygens (including phenoxy) is 6. The van der Waals surface area contributed by atoms with Gasteiger partial charge in [0.2, 0.25) is 0 Å². The zero-order chi connectivity index (χ0) is 38.7. The Bertz CT molecular complexity index is 1100. The minimum Gasteiger partial charge on any atom is -0.461 e. The molecule has 0 aliphatic carbocycles. The van der Waals surface area contributed by atoms with E-state index in [0.29, 0.717) is 13.0 Å². The molecule has 13 heteroatoms. The molecule has 3 fully saturated rings. The molecule has 0 aromatic heterocycles. The summed E-state index contributed by atoms with van der Waals surface area (Å²) in [5, 5.41) is 49.7. The molecule has 3 aliphatic heterocycles. The zero-order valence-electron chi connectivity index (χ0n) is 33.7. The summed E-state index contributed by atoms with van der Waals surface area (Å²) in [4.78, 5) is 16.2. The summed E-state index contributed by atoms with van der Waals surface area (Å²) in [5.74, 6) is -2.65. The summed E-state index contributed by atoms with van der Waals surface area (Å²) < 4.78 is 37.8. The van der Waals surface area contributed by atoms with Crippen LogP contribution in [0.3, 0.4) is 0 Å². The predicted octanol–water partition coefficient (Wildman–Crippen LogP) is 2.69. The molecule has 51 heavy (non-hydrogen) atoms. The first-order valence-corrected chi connectivity index (χ1v) is 19.1. The van der Waals surface area contributed by atoms with Gasteiger partial charge in [0.1, 0.15) is 18.3 Å². The molecule has 0 aromatic rings. The van der Waals surface area contributed by atoms with E-state index in [0.717, 1.165) is 0 Å². The largest absolute Gasteiger partial charge is 0.461 e. The Morgan fingerprint density at radius 1 is 0.922 bits per heavy atom. The van der Waals surface area contributed by atoms with Crippen LogP contribution >= 0.6 is 0 Å². The van der Waals surface area contributed by atoms with E-state index in [2.05, 4.69) is 5.32 Å². The van der Waals surface area contributed by atoms with Crippen LogP contribution in [-0.2, 0) is 33.2 Å². The maximum Gasteiger partial charge on any atom is 0.311 e. The first-order valence-electron chi connectivity index (χ1n) is 19.1. The summed E-state index contributed by atoms with van der Waals surface area (Å²) in [6.45, 7) is 21.0. The van der Waals surface area contributed by atoms with Crippen LogP contribution in [0.15, 0.2) is 0 Å². The van der Waals surface area contributed by atoms with Gasteiger partial charge in [0, 0.05) is 37.5 Å². The van der Waals surface area contributed by atoms with Crippen molar-refractivity contribution in [2.45, 2.75) is 180 Å². The average Bonchev–Trinajstić information content (AvgIpc) is 3.05. The predicted molar refractivity (Wildman–Crippen MR) is 193 cm³/mol. The molecule has 3 aliphatic rings. The van der Waals surface area contributed by atoms with Crippen molar-refractivity contribution in [2.75, 3.05) is 27.7 Å². The third-order valence-corrected chi connectivity index (χ3v) is 11.8. The molecule has 13 nitrogen and oxygen atoms in total. The molecule has 0 radical (unpaired) electrons. The van der Waals surface area contributed by atoms with Gasteiger partial charge >= 0.3 is 5.97 Å². The fourth-order valence-corrected chi connectivity index (χ4v) is 8.55. The molecule has 0 aromatic carbocycles. The Hall–Kier alpha value is -0.970. The second-order valence-corrected chi connectivity index (χ2v) is 17.2. The lowest BCUT2D eigenvalue weighted by Crippen LogP contribution is -2.60. The zero-order valence-corrected chi connectivity index (χ0v) is 33.7. The Morgan fingerprint density at radius 3 is 2.12 bits per heavy atom. The molecular formula is C38H72N2O11. The van der Waals surface area contributed by atoms with Crippen molar-refractivity contribution in [3.63, 3.8) is 0 Å². The topological polar surface area (TPSA) is 169 Å². The van der Waals surface area contributed by atoms with Crippen molar-refractivity contribution in [2.24, 2.45) is 29.6 Å². The number of rotatable bonds is 7. The fourth-order valence-electron chi connectivity index (χ4n) is 8.55. The second kappa shape index (κ2) is 18.1. The molecule has 0 amide bonds. The van der Waals surface area contributed by atoms with Gasteiger partial charge in [-0.15, -0.1) is 0 Å². The maximum atomic E-state index is 14.2. The minimum atomic E-state index is -1.50. The summed E-state index contributed by atoms with van der Waals surface area (Å²) >= 11 is 0. The summed E-state index contributed by atoms with van der Waals surface area (Å²) in [6.07, 6.45) is -7.03. The number of carbonyl (C=O) groups excluding carboxylic acids is 1. The van der Waals surface area contributed by atoms with Gasteiger partial charge in [-0.05, 0) is 86.9 Å².